The van der Waals surface area contributed by atoms with Gasteiger partial charge in [-0.3, -0.25) is 28.8 Å². The molecule has 2 radical (unpaired) electrons. The number of carboxylic acid groups (broad SMARTS) is 2. The Morgan fingerprint density at radius 2 is 0.803 bits per heavy atom. The first-order valence-electron chi connectivity index (χ1n) is 20.4. The second-order valence-corrected chi connectivity index (χ2v) is 14.6. The number of carboxylic acids is 2. The van der Waals surface area contributed by atoms with Gasteiger partial charge >= 0.3 is 23.9 Å². The molecule has 0 heterocycles. The molecule has 0 saturated heterocycles. The zero-order chi connectivity index (χ0) is 43.9. The minimum atomic E-state index is -1.02. The van der Waals surface area contributed by atoms with Crippen LogP contribution in [0.15, 0.2) is 109 Å². The van der Waals surface area contributed by atoms with E-state index in [1.165, 1.54) is 0 Å². The van der Waals surface area contributed by atoms with Crippen molar-refractivity contribution in [3.63, 3.8) is 0 Å². The molecule has 0 fully saturated rings. The Morgan fingerprint density at radius 3 is 1.10 bits per heavy atom. The Bertz CT molecular complexity index is 1820. The molecule has 0 aliphatic rings. The summed E-state index contributed by atoms with van der Waals surface area (Å²) in [7, 11) is 0. The zero-order valence-electron chi connectivity index (χ0n) is 35.6. The van der Waals surface area contributed by atoms with Crippen molar-refractivity contribution < 1.29 is 48.5 Å². The quantitative estimate of drug-likeness (QED) is 0.0462. The Morgan fingerprint density at radius 1 is 0.492 bits per heavy atom. The summed E-state index contributed by atoms with van der Waals surface area (Å²) in [4.78, 5) is 69.8. The fourth-order valence-corrected chi connectivity index (χ4v) is 6.54. The van der Waals surface area contributed by atoms with Crippen LogP contribution in [0.2, 0.25) is 0 Å². The molecule has 0 aliphatic carbocycles. The van der Waals surface area contributed by atoms with Crippen LogP contribution >= 0.6 is 0 Å². The van der Waals surface area contributed by atoms with Gasteiger partial charge in [0.15, 0.2) is 0 Å². The number of amides is 2. The number of carbonyl (C=O) groups is 6. The Balaban J connectivity index is 0.000000413. The molecule has 4 rings (SSSR count). The number of benzene rings is 4. The second kappa shape index (κ2) is 28.5. The van der Waals surface area contributed by atoms with Crippen LogP contribution in [-0.2, 0) is 51.1 Å². The number of hydrogen-bond acceptors (Lipinski definition) is 8. The molecule has 4 N–H and O–H groups in total. The summed E-state index contributed by atoms with van der Waals surface area (Å²) in [6, 6.07) is 35.6. The maximum Gasteiger partial charge on any atom is 0.308 e. The van der Waals surface area contributed by atoms with Crippen molar-refractivity contribution in [3.05, 3.63) is 120 Å². The SMILES string of the molecule is CCOC(=O)[C@H](C)C[C@@H](Cc1ccc(-c2ccccc2)cc1)NC(=O)CCC(=O)O.CCOC(=O)[C@H](C)C[C@@H](Cc1ccc(-c2ccccc2)cc1)NC(=O)CCC(=O)O.[Ca]. The molecule has 0 saturated carbocycles. The van der Waals surface area contributed by atoms with E-state index in [4.69, 9.17) is 19.7 Å². The summed E-state index contributed by atoms with van der Waals surface area (Å²) < 4.78 is 10.1. The van der Waals surface area contributed by atoms with E-state index in [9.17, 15) is 28.8 Å². The van der Waals surface area contributed by atoms with E-state index >= 15 is 0 Å². The van der Waals surface area contributed by atoms with E-state index in [2.05, 4.69) is 10.6 Å². The summed E-state index contributed by atoms with van der Waals surface area (Å²) in [6.07, 6.45) is 1.28. The van der Waals surface area contributed by atoms with Gasteiger partial charge in [-0.15, -0.1) is 0 Å². The molecule has 322 valence electrons. The number of nitrogens with one attached hydrogen (secondary N) is 2. The number of hydrogen-bond donors (Lipinski definition) is 4. The van der Waals surface area contributed by atoms with Crippen LogP contribution in [0, 0.1) is 11.8 Å². The van der Waals surface area contributed by atoms with Crippen molar-refractivity contribution in [1.29, 1.82) is 0 Å². The maximum atomic E-state index is 12.2. The van der Waals surface area contributed by atoms with E-state index < -0.39 is 11.9 Å². The van der Waals surface area contributed by atoms with Gasteiger partial charge in [-0.1, -0.05) is 123 Å². The van der Waals surface area contributed by atoms with Crippen molar-refractivity contribution in [2.24, 2.45) is 11.8 Å². The molecule has 4 atom stereocenters. The van der Waals surface area contributed by atoms with Crippen LogP contribution in [0.4, 0.5) is 0 Å². The second-order valence-electron chi connectivity index (χ2n) is 14.6. The molecule has 0 aromatic heterocycles. The first-order chi connectivity index (χ1) is 28.8. The zero-order valence-corrected chi connectivity index (χ0v) is 37.8. The molecular formula is C48H58CaN2O10. The molecule has 61 heavy (non-hydrogen) atoms. The average Bonchev–Trinajstić information content (AvgIpc) is 3.23. The summed E-state index contributed by atoms with van der Waals surface area (Å²) in [5.41, 5.74) is 6.49. The van der Waals surface area contributed by atoms with Gasteiger partial charge in [-0.25, -0.2) is 0 Å². The monoisotopic (exact) mass is 862 g/mol. The normalized spacial score (nSPS) is 12.4. The van der Waals surface area contributed by atoms with Crippen molar-refractivity contribution in [2.75, 3.05) is 13.2 Å². The van der Waals surface area contributed by atoms with Gasteiger partial charge in [0.25, 0.3) is 0 Å². The molecule has 0 unspecified atom stereocenters. The van der Waals surface area contributed by atoms with Gasteiger partial charge in [-0.2, -0.15) is 0 Å². The number of ether oxygens (including phenoxy) is 2. The van der Waals surface area contributed by atoms with Crippen LogP contribution in [-0.4, -0.2) is 109 Å². The third-order valence-corrected chi connectivity index (χ3v) is 9.60. The number of aliphatic carboxylic acids is 2. The standard InChI is InChI=1S/2C24H29NO5.Ca/c2*1-3-30-24(29)17(2)15-21(25-22(26)13-14-23(27)28)16-18-9-11-20(12-10-18)19-7-5-4-6-8-19;/h2*4-12,17,21H,3,13-16H2,1-2H3,(H,25,26)(H,27,28);/t2*17-,21+;/m11./s1. The fraction of sp³-hybridized carbons (Fsp3) is 0.375. The topological polar surface area (TPSA) is 185 Å². The van der Waals surface area contributed by atoms with E-state index in [-0.39, 0.29) is 111 Å². The maximum absolute atomic E-state index is 12.2. The van der Waals surface area contributed by atoms with E-state index in [0.717, 1.165) is 33.4 Å². The van der Waals surface area contributed by atoms with Crippen molar-refractivity contribution in [1.82, 2.24) is 10.6 Å². The molecule has 2 amide bonds. The molecule has 0 bridgehead atoms. The van der Waals surface area contributed by atoms with Crippen LogP contribution in [0.3, 0.4) is 0 Å². The summed E-state index contributed by atoms with van der Waals surface area (Å²) in [6.45, 7) is 7.66. The van der Waals surface area contributed by atoms with Crippen molar-refractivity contribution in [3.8, 4) is 22.3 Å². The van der Waals surface area contributed by atoms with Crippen LogP contribution in [0.25, 0.3) is 22.3 Å². The molecule has 13 heteroatoms. The van der Waals surface area contributed by atoms with Gasteiger partial charge in [0.1, 0.15) is 0 Å². The van der Waals surface area contributed by atoms with Crippen molar-refractivity contribution >= 4 is 73.4 Å². The molecule has 0 aliphatic heterocycles. The minimum absolute atomic E-state index is 0. The van der Waals surface area contributed by atoms with E-state index in [1.54, 1.807) is 27.7 Å². The Labute approximate surface area is 388 Å². The molecule has 12 nitrogen and oxygen atoms in total. The van der Waals surface area contributed by atoms with Gasteiger partial charge in [-0.05, 0) is 72.9 Å². The van der Waals surface area contributed by atoms with Crippen molar-refractivity contribution in [2.45, 2.75) is 91.1 Å². The van der Waals surface area contributed by atoms with E-state index in [0.29, 0.717) is 38.9 Å². The first kappa shape index (κ1) is 52.1. The largest absolute Gasteiger partial charge is 0.481 e. The number of esters is 2. The third-order valence-electron chi connectivity index (χ3n) is 9.60. The number of rotatable bonds is 22. The molecule has 4 aromatic rings. The van der Waals surface area contributed by atoms with Gasteiger partial charge in [0, 0.05) is 62.7 Å². The van der Waals surface area contributed by atoms with E-state index in [1.807, 2.05) is 109 Å². The first-order valence-corrected chi connectivity index (χ1v) is 20.4. The summed E-state index contributed by atoms with van der Waals surface area (Å²) in [5, 5.41) is 23.3. The molecule has 0 spiro atoms. The fourth-order valence-electron chi connectivity index (χ4n) is 6.54. The number of carbonyl (C=O) groups excluding carboxylic acids is 4. The Hall–Kier alpha value is -5.04. The third kappa shape index (κ3) is 20.4. The predicted molar refractivity (Wildman–Crippen MR) is 235 cm³/mol. The van der Waals surface area contributed by atoms with Crippen LogP contribution in [0.1, 0.15) is 77.3 Å². The van der Waals surface area contributed by atoms with Gasteiger partial charge in [0.2, 0.25) is 11.8 Å². The summed E-state index contributed by atoms with van der Waals surface area (Å²) in [5.74, 6) is -4.06. The van der Waals surface area contributed by atoms with Gasteiger partial charge in [0.05, 0.1) is 37.9 Å². The van der Waals surface area contributed by atoms with Gasteiger partial charge < -0.3 is 30.3 Å². The minimum Gasteiger partial charge on any atom is -0.481 e. The average molecular weight is 863 g/mol. The Kier molecular flexibility index (Phi) is 24.3. The smallest absolute Gasteiger partial charge is 0.308 e. The van der Waals surface area contributed by atoms with Crippen LogP contribution in [0.5, 0.6) is 0 Å². The molecular weight excluding hydrogens is 805 g/mol. The summed E-state index contributed by atoms with van der Waals surface area (Å²) >= 11 is 0. The molecule has 4 aromatic carbocycles. The predicted octanol–water partition coefficient (Wildman–Crippen LogP) is 7.29. The van der Waals surface area contributed by atoms with Crippen LogP contribution < -0.4 is 10.6 Å².